The summed E-state index contributed by atoms with van der Waals surface area (Å²) in [6, 6.07) is 8.12. The van der Waals surface area contributed by atoms with E-state index in [2.05, 4.69) is 59.2 Å². The first-order valence-corrected chi connectivity index (χ1v) is 10.2. The number of guanidine groups is 1. The van der Waals surface area contributed by atoms with Crippen molar-refractivity contribution in [2.24, 2.45) is 10.9 Å². The third-order valence-corrected chi connectivity index (χ3v) is 4.33. The number of para-hydroxylation sites is 1. The Morgan fingerprint density at radius 2 is 2.04 bits per heavy atom. The van der Waals surface area contributed by atoms with E-state index in [1.54, 1.807) is 6.33 Å². The predicted octanol–water partition coefficient (Wildman–Crippen LogP) is 3.02. The Bertz CT molecular complexity index is 725. The van der Waals surface area contributed by atoms with Gasteiger partial charge in [0.2, 0.25) is 0 Å². The van der Waals surface area contributed by atoms with Gasteiger partial charge >= 0.3 is 0 Å². The summed E-state index contributed by atoms with van der Waals surface area (Å²) in [5.74, 6) is 3.34. The van der Waals surface area contributed by atoms with Crippen LogP contribution < -0.4 is 15.4 Å². The topological polar surface area (TPSA) is 76.4 Å². The van der Waals surface area contributed by atoms with Gasteiger partial charge in [-0.15, -0.1) is 10.2 Å². The van der Waals surface area contributed by atoms with E-state index in [1.807, 2.05) is 18.2 Å². The molecule has 154 valence electrons. The monoisotopic (exact) mass is 386 g/mol. The number of ether oxygens (including phenoxy) is 1. The highest BCUT2D eigenvalue weighted by Crippen LogP contribution is 2.19. The van der Waals surface area contributed by atoms with Gasteiger partial charge in [0.25, 0.3) is 0 Å². The highest BCUT2D eigenvalue weighted by atomic mass is 16.5. The molecule has 0 aliphatic rings. The van der Waals surface area contributed by atoms with Gasteiger partial charge in [0.15, 0.2) is 5.96 Å². The van der Waals surface area contributed by atoms with Crippen molar-refractivity contribution in [2.75, 3.05) is 19.7 Å². The number of rotatable bonds is 11. The number of aryl methyl sites for hydroxylation is 1. The smallest absolute Gasteiger partial charge is 0.191 e. The number of aromatic nitrogens is 3. The quantitative estimate of drug-likeness (QED) is 0.459. The minimum absolute atomic E-state index is 0.569. The molecule has 0 saturated carbocycles. The van der Waals surface area contributed by atoms with Gasteiger partial charge in [-0.25, -0.2) is 4.99 Å². The minimum Gasteiger partial charge on any atom is -0.493 e. The van der Waals surface area contributed by atoms with E-state index in [4.69, 9.17) is 9.73 Å². The van der Waals surface area contributed by atoms with Gasteiger partial charge in [0.05, 0.1) is 13.2 Å². The van der Waals surface area contributed by atoms with Gasteiger partial charge in [-0.1, -0.05) is 39.0 Å². The van der Waals surface area contributed by atoms with Gasteiger partial charge < -0.3 is 19.9 Å². The number of nitrogens with zero attached hydrogens (tertiary/aromatic N) is 4. The van der Waals surface area contributed by atoms with Crippen LogP contribution in [0.4, 0.5) is 0 Å². The Balaban J connectivity index is 1.92. The number of nitrogens with one attached hydrogen (secondary N) is 2. The summed E-state index contributed by atoms with van der Waals surface area (Å²) in [6.07, 6.45) is 3.70. The fourth-order valence-electron chi connectivity index (χ4n) is 2.72. The van der Waals surface area contributed by atoms with Crippen molar-refractivity contribution in [3.8, 4) is 5.75 Å². The van der Waals surface area contributed by atoms with E-state index in [-0.39, 0.29) is 0 Å². The van der Waals surface area contributed by atoms with Gasteiger partial charge in [-0.2, -0.15) is 0 Å². The average Bonchev–Trinajstić information content (AvgIpc) is 3.14. The molecule has 2 rings (SSSR count). The summed E-state index contributed by atoms with van der Waals surface area (Å²) < 4.78 is 8.03. The van der Waals surface area contributed by atoms with E-state index >= 15 is 0 Å². The number of hydrogen-bond donors (Lipinski definition) is 2. The van der Waals surface area contributed by atoms with E-state index in [0.29, 0.717) is 12.5 Å². The molecule has 0 bridgehead atoms. The van der Waals surface area contributed by atoms with Crippen molar-refractivity contribution in [1.29, 1.82) is 0 Å². The van der Waals surface area contributed by atoms with Crippen molar-refractivity contribution in [3.05, 3.63) is 42.0 Å². The molecular formula is C21H34N6O. The molecule has 2 aromatic rings. The largest absolute Gasteiger partial charge is 0.493 e. The molecule has 1 heterocycles. The Kier molecular flexibility index (Phi) is 9.31. The zero-order valence-electron chi connectivity index (χ0n) is 17.6. The Hall–Kier alpha value is -2.57. The Morgan fingerprint density at radius 3 is 2.79 bits per heavy atom. The number of benzene rings is 1. The second-order valence-corrected chi connectivity index (χ2v) is 7.05. The summed E-state index contributed by atoms with van der Waals surface area (Å²) >= 11 is 0. The molecule has 0 radical (unpaired) electrons. The molecule has 7 nitrogen and oxygen atoms in total. The van der Waals surface area contributed by atoms with E-state index in [9.17, 15) is 0 Å². The SMILES string of the molecule is CCNC(=NCc1ccccc1OCCC(C)C)NCCn1cnnc1CC. The van der Waals surface area contributed by atoms with Crippen LogP contribution in [-0.4, -0.2) is 40.4 Å². The molecule has 0 aliphatic carbocycles. The normalized spacial score (nSPS) is 11.7. The Labute approximate surface area is 168 Å². The average molecular weight is 387 g/mol. The van der Waals surface area contributed by atoms with Crippen molar-refractivity contribution < 1.29 is 4.74 Å². The molecule has 1 aromatic carbocycles. The van der Waals surface area contributed by atoms with Crippen LogP contribution >= 0.6 is 0 Å². The minimum atomic E-state index is 0.569. The van der Waals surface area contributed by atoms with Crippen molar-refractivity contribution >= 4 is 5.96 Å². The first-order valence-electron chi connectivity index (χ1n) is 10.2. The van der Waals surface area contributed by atoms with Crippen LogP contribution in [0.15, 0.2) is 35.6 Å². The maximum Gasteiger partial charge on any atom is 0.191 e. The Morgan fingerprint density at radius 1 is 1.21 bits per heavy atom. The predicted molar refractivity (Wildman–Crippen MR) is 114 cm³/mol. The van der Waals surface area contributed by atoms with Crippen LogP contribution in [0.2, 0.25) is 0 Å². The van der Waals surface area contributed by atoms with Crippen LogP contribution in [-0.2, 0) is 19.5 Å². The molecular weight excluding hydrogens is 352 g/mol. The maximum atomic E-state index is 5.97. The van der Waals surface area contributed by atoms with E-state index < -0.39 is 0 Å². The van der Waals surface area contributed by atoms with Gasteiger partial charge in [-0.3, -0.25) is 0 Å². The lowest BCUT2D eigenvalue weighted by Crippen LogP contribution is -2.38. The fourth-order valence-corrected chi connectivity index (χ4v) is 2.72. The molecule has 0 spiro atoms. The summed E-state index contributed by atoms with van der Waals surface area (Å²) in [4.78, 5) is 4.72. The van der Waals surface area contributed by atoms with Gasteiger partial charge in [-0.05, 0) is 25.3 Å². The molecule has 0 aliphatic heterocycles. The third kappa shape index (κ3) is 7.21. The summed E-state index contributed by atoms with van der Waals surface area (Å²) in [5, 5.41) is 14.8. The third-order valence-electron chi connectivity index (χ3n) is 4.33. The van der Waals surface area contributed by atoms with Crippen LogP contribution in [0, 0.1) is 5.92 Å². The molecule has 2 N–H and O–H groups in total. The molecule has 0 atom stereocenters. The summed E-state index contributed by atoms with van der Waals surface area (Å²) in [5.41, 5.74) is 1.09. The molecule has 0 unspecified atom stereocenters. The molecule has 1 aromatic heterocycles. The highest BCUT2D eigenvalue weighted by molar-refractivity contribution is 5.79. The summed E-state index contributed by atoms with van der Waals surface area (Å²) in [7, 11) is 0. The lowest BCUT2D eigenvalue weighted by molar-refractivity contribution is 0.287. The van der Waals surface area contributed by atoms with E-state index in [0.717, 1.165) is 62.2 Å². The molecule has 7 heteroatoms. The molecule has 0 amide bonds. The van der Waals surface area contributed by atoms with Crippen LogP contribution in [0.5, 0.6) is 5.75 Å². The highest BCUT2D eigenvalue weighted by Gasteiger charge is 2.05. The number of aliphatic imine (C=N–C) groups is 1. The molecule has 28 heavy (non-hydrogen) atoms. The number of hydrogen-bond acceptors (Lipinski definition) is 4. The van der Waals surface area contributed by atoms with Crippen molar-refractivity contribution in [1.82, 2.24) is 25.4 Å². The molecule has 0 saturated heterocycles. The van der Waals surface area contributed by atoms with Gasteiger partial charge in [0, 0.05) is 31.6 Å². The lowest BCUT2D eigenvalue weighted by atomic mass is 10.1. The first-order chi connectivity index (χ1) is 13.6. The van der Waals surface area contributed by atoms with Crippen LogP contribution in [0.25, 0.3) is 0 Å². The fraction of sp³-hybridized carbons (Fsp3) is 0.571. The second kappa shape index (κ2) is 12.0. The van der Waals surface area contributed by atoms with Crippen molar-refractivity contribution in [2.45, 2.75) is 53.6 Å². The van der Waals surface area contributed by atoms with Gasteiger partial charge in [0.1, 0.15) is 17.9 Å². The molecule has 0 fully saturated rings. The zero-order valence-corrected chi connectivity index (χ0v) is 17.6. The second-order valence-electron chi connectivity index (χ2n) is 7.05. The van der Waals surface area contributed by atoms with Crippen LogP contribution in [0.3, 0.4) is 0 Å². The zero-order chi connectivity index (χ0) is 20.2. The maximum absolute atomic E-state index is 5.97. The lowest BCUT2D eigenvalue weighted by Gasteiger charge is -2.14. The summed E-state index contributed by atoms with van der Waals surface area (Å²) in [6.45, 7) is 12.2. The standard InChI is InChI=1S/C21H34N6O/c1-5-20-26-25-16-27(20)13-12-23-21(22-6-2)24-15-18-9-7-8-10-19(18)28-14-11-17(3)4/h7-10,16-17H,5-6,11-15H2,1-4H3,(H2,22,23,24). The van der Waals surface area contributed by atoms with Crippen molar-refractivity contribution in [3.63, 3.8) is 0 Å². The first kappa shape index (κ1) is 21.7. The van der Waals surface area contributed by atoms with Crippen LogP contribution in [0.1, 0.15) is 45.5 Å². The van der Waals surface area contributed by atoms with E-state index in [1.165, 1.54) is 0 Å².